The fraction of sp³-hybridized carbons (Fsp3) is 0.0909. The lowest BCUT2D eigenvalue weighted by Crippen LogP contribution is -2.05. The Hall–Kier alpha value is -2.14. The number of pyridine rings is 1. The SMILES string of the molecule is N#Cc1nccnc1Sc1ccc(C(F)(F)F)cn1. The molecule has 4 nitrogen and oxygen atoms in total. The van der Waals surface area contributed by atoms with Crippen molar-refractivity contribution in [1.82, 2.24) is 15.0 Å². The number of nitriles is 1. The number of hydrogen-bond acceptors (Lipinski definition) is 5. The van der Waals surface area contributed by atoms with Crippen molar-refractivity contribution in [2.75, 3.05) is 0 Å². The molecule has 0 amide bonds. The molecule has 8 heteroatoms. The van der Waals surface area contributed by atoms with Gasteiger partial charge in [0.1, 0.15) is 16.1 Å². The van der Waals surface area contributed by atoms with Crippen LogP contribution in [0.25, 0.3) is 0 Å². The second kappa shape index (κ2) is 5.24. The van der Waals surface area contributed by atoms with Gasteiger partial charge in [-0.15, -0.1) is 0 Å². The first-order chi connectivity index (χ1) is 9.00. The summed E-state index contributed by atoms with van der Waals surface area (Å²) in [4.78, 5) is 11.4. The zero-order valence-electron chi connectivity index (χ0n) is 9.22. The third-order valence-corrected chi connectivity index (χ3v) is 2.98. The van der Waals surface area contributed by atoms with Crippen molar-refractivity contribution in [1.29, 1.82) is 5.26 Å². The Kier molecular flexibility index (Phi) is 3.66. The molecule has 0 atom stereocenters. The highest BCUT2D eigenvalue weighted by molar-refractivity contribution is 7.99. The molecule has 0 saturated heterocycles. The number of halogens is 3. The van der Waals surface area contributed by atoms with Crippen LogP contribution >= 0.6 is 11.8 Å². The second-order valence-electron chi connectivity index (χ2n) is 3.31. The lowest BCUT2D eigenvalue weighted by molar-refractivity contribution is -0.137. The van der Waals surface area contributed by atoms with Crippen LogP contribution in [-0.4, -0.2) is 15.0 Å². The maximum Gasteiger partial charge on any atom is 0.417 e. The molecule has 0 spiro atoms. The first-order valence-electron chi connectivity index (χ1n) is 4.93. The van der Waals surface area contributed by atoms with Gasteiger partial charge in [0.15, 0.2) is 5.69 Å². The third-order valence-electron chi connectivity index (χ3n) is 2.04. The summed E-state index contributed by atoms with van der Waals surface area (Å²) < 4.78 is 37.1. The Labute approximate surface area is 110 Å². The van der Waals surface area contributed by atoms with Crippen molar-refractivity contribution in [2.24, 2.45) is 0 Å². The Morgan fingerprint density at radius 1 is 1.11 bits per heavy atom. The van der Waals surface area contributed by atoms with Gasteiger partial charge in [-0.25, -0.2) is 15.0 Å². The highest BCUT2D eigenvalue weighted by Crippen LogP contribution is 2.31. The zero-order valence-corrected chi connectivity index (χ0v) is 10.0. The number of nitrogens with zero attached hydrogens (tertiary/aromatic N) is 4. The van der Waals surface area contributed by atoms with Crippen LogP contribution in [0.3, 0.4) is 0 Å². The summed E-state index contributed by atoms with van der Waals surface area (Å²) >= 11 is 0.984. The summed E-state index contributed by atoms with van der Waals surface area (Å²) in [5.74, 6) is 0. The van der Waals surface area contributed by atoms with Gasteiger partial charge in [-0.3, -0.25) is 0 Å². The first-order valence-corrected chi connectivity index (χ1v) is 5.74. The maximum absolute atomic E-state index is 12.4. The van der Waals surface area contributed by atoms with Crippen molar-refractivity contribution in [3.05, 3.63) is 42.0 Å². The van der Waals surface area contributed by atoms with Gasteiger partial charge in [-0.1, -0.05) is 0 Å². The molecule has 0 saturated carbocycles. The summed E-state index contributed by atoms with van der Waals surface area (Å²) in [5, 5.41) is 9.43. The van der Waals surface area contributed by atoms with Gasteiger partial charge in [0.05, 0.1) is 5.56 Å². The standard InChI is InChI=1S/C11H5F3N4S/c12-11(13,14)7-1-2-9(18-6-7)19-10-8(5-15)16-3-4-17-10/h1-4,6H. The fourth-order valence-corrected chi connectivity index (χ4v) is 1.93. The van der Waals surface area contributed by atoms with E-state index in [1.54, 1.807) is 0 Å². The van der Waals surface area contributed by atoms with Crippen LogP contribution in [0.2, 0.25) is 0 Å². The Balaban J connectivity index is 2.23. The topological polar surface area (TPSA) is 62.5 Å². The van der Waals surface area contributed by atoms with Crippen molar-refractivity contribution in [2.45, 2.75) is 16.2 Å². The zero-order chi connectivity index (χ0) is 13.9. The number of hydrogen-bond donors (Lipinski definition) is 0. The molecule has 2 rings (SSSR count). The summed E-state index contributed by atoms with van der Waals surface area (Å²) in [6.45, 7) is 0. The number of aromatic nitrogens is 3. The van der Waals surface area contributed by atoms with Gasteiger partial charge in [0.25, 0.3) is 0 Å². The molecule has 0 N–H and O–H groups in total. The Morgan fingerprint density at radius 2 is 1.84 bits per heavy atom. The minimum atomic E-state index is -4.42. The quantitative estimate of drug-likeness (QED) is 0.847. The van der Waals surface area contributed by atoms with Crippen LogP contribution in [0.15, 0.2) is 40.8 Å². The highest BCUT2D eigenvalue weighted by atomic mass is 32.2. The van der Waals surface area contributed by atoms with Crippen molar-refractivity contribution >= 4 is 11.8 Å². The van der Waals surface area contributed by atoms with Crippen LogP contribution in [0.1, 0.15) is 11.3 Å². The average Bonchev–Trinajstić information content (AvgIpc) is 2.39. The van der Waals surface area contributed by atoms with Gasteiger partial charge < -0.3 is 0 Å². The van der Waals surface area contributed by atoms with Crippen LogP contribution in [0, 0.1) is 11.3 Å². The predicted molar refractivity (Wildman–Crippen MR) is 60.1 cm³/mol. The van der Waals surface area contributed by atoms with Crippen molar-refractivity contribution in [3.8, 4) is 6.07 Å². The van der Waals surface area contributed by atoms with Crippen LogP contribution in [0.4, 0.5) is 13.2 Å². The van der Waals surface area contributed by atoms with Gasteiger partial charge >= 0.3 is 6.18 Å². The van der Waals surface area contributed by atoms with E-state index in [1.165, 1.54) is 18.5 Å². The number of alkyl halides is 3. The molecule has 0 unspecified atom stereocenters. The van der Waals surface area contributed by atoms with Gasteiger partial charge in [0, 0.05) is 18.6 Å². The molecule has 0 aromatic carbocycles. The summed E-state index contributed by atoms with van der Waals surface area (Å²) in [5.41, 5.74) is -0.717. The second-order valence-corrected chi connectivity index (χ2v) is 4.32. The lowest BCUT2D eigenvalue weighted by Gasteiger charge is -2.06. The van der Waals surface area contributed by atoms with Gasteiger partial charge in [-0.05, 0) is 23.9 Å². The average molecular weight is 282 g/mol. The largest absolute Gasteiger partial charge is 0.417 e. The summed E-state index contributed by atoms with van der Waals surface area (Å²) in [6.07, 6.45) is -0.915. The molecule has 2 heterocycles. The number of rotatable bonds is 2. The maximum atomic E-state index is 12.4. The first kappa shape index (κ1) is 13.3. The van der Waals surface area contributed by atoms with Gasteiger partial charge in [0.2, 0.25) is 0 Å². The third kappa shape index (κ3) is 3.20. The summed E-state index contributed by atoms with van der Waals surface area (Å²) in [7, 11) is 0. The molecule has 0 aliphatic heterocycles. The van der Waals surface area contributed by atoms with E-state index in [0.717, 1.165) is 24.0 Å². The molecule has 0 radical (unpaired) electrons. The van der Waals surface area contributed by atoms with E-state index in [4.69, 9.17) is 5.26 Å². The summed E-state index contributed by atoms with van der Waals surface area (Å²) in [6, 6.07) is 4.00. The van der Waals surface area contributed by atoms with Crippen LogP contribution < -0.4 is 0 Å². The lowest BCUT2D eigenvalue weighted by atomic mass is 10.3. The van der Waals surface area contributed by atoms with Crippen LogP contribution in [-0.2, 0) is 6.18 Å². The van der Waals surface area contributed by atoms with Crippen molar-refractivity contribution in [3.63, 3.8) is 0 Å². The van der Waals surface area contributed by atoms with Gasteiger partial charge in [-0.2, -0.15) is 18.4 Å². The molecule has 0 fully saturated rings. The molecular weight excluding hydrogens is 277 g/mol. The molecule has 19 heavy (non-hydrogen) atoms. The van der Waals surface area contributed by atoms with E-state index in [2.05, 4.69) is 15.0 Å². The molecular formula is C11H5F3N4S. The van der Waals surface area contributed by atoms with E-state index < -0.39 is 11.7 Å². The van der Waals surface area contributed by atoms with E-state index in [9.17, 15) is 13.2 Å². The predicted octanol–water partition coefficient (Wildman–Crippen LogP) is 2.91. The minimum Gasteiger partial charge on any atom is -0.249 e. The highest BCUT2D eigenvalue weighted by Gasteiger charge is 2.30. The van der Waals surface area contributed by atoms with Crippen molar-refractivity contribution < 1.29 is 13.2 Å². The molecule has 0 aliphatic carbocycles. The smallest absolute Gasteiger partial charge is 0.249 e. The van der Waals surface area contributed by atoms with E-state index >= 15 is 0 Å². The van der Waals surface area contributed by atoms with Crippen LogP contribution in [0.5, 0.6) is 0 Å². The van der Waals surface area contributed by atoms with E-state index in [-0.39, 0.29) is 5.69 Å². The Bertz CT molecular complexity index is 619. The van der Waals surface area contributed by atoms with E-state index in [1.807, 2.05) is 6.07 Å². The molecule has 2 aromatic rings. The Morgan fingerprint density at radius 3 is 2.42 bits per heavy atom. The normalized spacial score (nSPS) is 11.1. The monoisotopic (exact) mass is 282 g/mol. The molecule has 0 aliphatic rings. The fourth-order valence-electron chi connectivity index (χ4n) is 1.18. The molecule has 0 bridgehead atoms. The molecule has 2 aromatic heterocycles. The minimum absolute atomic E-state index is 0.106. The van der Waals surface area contributed by atoms with E-state index in [0.29, 0.717) is 10.1 Å². The molecule has 96 valence electrons.